The molecule has 1 saturated heterocycles. The molecule has 0 aliphatic carbocycles. The van der Waals surface area contributed by atoms with Crippen LogP contribution in [0.1, 0.15) is 43.0 Å². The van der Waals surface area contributed by atoms with Gasteiger partial charge >= 0.3 is 5.97 Å². The maximum atomic E-state index is 13.0. The fraction of sp³-hybridized carbons (Fsp3) is 0.292. The van der Waals surface area contributed by atoms with Gasteiger partial charge in [-0.15, -0.1) is 0 Å². The highest BCUT2D eigenvalue weighted by molar-refractivity contribution is 6.46. The summed E-state index contributed by atoms with van der Waals surface area (Å²) in [5.74, 6) is -1.23. The van der Waals surface area contributed by atoms with Crippen molar-refractivity contribution in [1.29, 1.82) is 0 Å². The average molecular weight is 423 g/mol. The molecule has 0 spiro atoms. The van der Waals surface area contributed by atoms with Gasteiger partial charge in [-0.05, 0) is 54.8 Å². The molecule has 31 heavy (non-hydrogen) atoms. The fourth-order valence-corrected chi connectivity index (χ4v) is 3.79. The minimum atomic E-state index is -0.794. The van der Waals surface area contributed by atoms with Gasteiger partial charge in [-0.2, -0.15) is 0 Å². The predicted octanol–water partition coefficient (Wildman–Crippen LogP) is 3.76. The molecule has 2 aromatic rings. The molecule has 0 bridgehead atoms. The molecule has 1 atom stereocenters. The smallest absolute Gasteiger partial charge is 0.308 e. The molecule has 1 aliphatic heterocycles. The number of aliphatic hydroxyl groups excluding tert-OH is 1. The Morgan fingerprint density at radius 3 is 2.48 bits per heavy atom. The number of aryl methyl sites for hydroxylation is 1. The van der Waals surface area contributed by atoms with Crippen molar-refractivity contribution in [3.05, 3.63) is 64.7 Å². The van der Waals surface area contributed by atoms with Crippen molar-refractivity contribution < 1.29 is 29.0 Å². The fourth-order valence-electron chi connectivity index (χ4n) is 3.79. The Morgan fingerprint density at radius 1 is 1.13 bits per heavy atom. The molecule has 0 aromatic heterocycles. The van der Waals surface area contributed by atoms with Crippen molar-refractivity contribution in [3.8, 4) is 11.5 Å². The van der Waals surface area contributed by atoms with E-state index in [1.807, 2.05) is 6.92 Å². The number of Topliss-reactive ketones (excluding diaryl/α,β-unsaturated/α-hetero) is 1. The van der Waals surface area contributed by atoms with Crippen LogP contribution in [0.25, 0.3) is 5.76 Å². The van der Waals surface area contributed by atoms with Gasteiger partial charge in [0.05, 0.1) is 18.7 Å². The second kappa shape index (κ2) is 9.04. The van der Waals surface area contributed by atoms with Crippen LogP contribution in [0.4, 0.5) is 0 Å². The molecule has 1 unspecified atom stereocenters. The van der Waals surface area contributed by atoms with Crippen LogP contribution in [0.3, 0.4) is 0 Å². The molecule has 7 heteroatoms. The van der Waals surface area contributed by atoms with Crippen LogP contribution >= 0.6 is 0 Å². The third-order valence-electron chi connectivity index (χ3n) is 5.13. The van der Waals surface area contributed by atoms with Crippen LogP contribution in [0.2, 0.25) is 0 Å². The Kier molecular flexibility index (Phi) is 6.44. The highest BCUT2D eigenvalue weighted by atomic mass is 16.5. The number of carbonyl (C=O) groups excluding carboxylic acids is 3. The summed E-state index contributed by atoms with van der Waals surface area (Å²) in [5, 5.41) is 11.1. The topological polar surface area (TPSA) is 93.1 Å². The van der Waals surface area contributed by atoms with Gasteiger partial charge in [0.2, 0.25) is 0 Å². The van der Waals surface area contributed by atoms with E-state index in [2.05, 4.69) is 0 Å². The monoisotopic (exact) mass is 423 g/mol. The first-order valence-electron chi connectivity index (χ1n) is 10.00. The molecule has 0 saturated carbocycles. The molecule has 0 radical (unpaired) electrons. The van der Waals surface area contributed by atoms with Crippen molar-refractivity contribution >= 4 is 23.4 Å². The maximum Gasteiger partial charge on any atom is 0.308 e. The Bertz CT molecular complexity index is 1070. The van der Waals surface area contributed by atoms with Crippen molar-refractivity contribution in [2.45, 2.75) is 33.2 Å². The third-order valence-corrected chi connectivity index (χ3v) is 5.13. The van der Waals surface area contributed by atoms with Crippen LogP contribution in [0.5, 0.6) is 11.5 Å². The van der Waals surface area contributed by atoms with Crippen LogP contribution in [0.15, 0.2) is 48.0 Å². The van der Waals surface area contributed by atoms with Crippen molar-refractivity contribution in [1.82, 2.24) is 4.90 Å². The number of esters is 1. The lowest BCUT2D eigenvalue weighted by molar-refractivity contribution is -0.139. The lowest BCUT2D eigenvalue weighted by Gasteiger charge is -2.25. The molecule has 7 nitrogen and oxygen atoms in total. The summed E-state index contributed by atoms with van der Waals surface area (Å²) >= 11 is 0. The largest absolute Gasteiger partial charge is 0.507 e. The zero-order valence-electron chi connectivity index (χ0n) is 18.0. The van der Waals surface area contributed by atoms with Crippen LogP contribution in [-0.2, 0) is 14.4 Å². The lowest BCUT2D eigenvalue weighted by Crippen LogP contribution is -2.30. The highest BCUT2D eigenvalue weighted by Gasteiger charge is 2.45. The first-order valence-corrected chi connectivity index (χ1v) is 10.00. The van der Waals surface area contributed by atoms with E-state index in [4.69, 9.17) is 9.47 Å². The molecule has 3 rings (SSSR count). The third kappa shape index (κ3) is 4.30. The second-order valence-corrected chi connectivity index (χ2v) is 7.34. The maximum absolute atomic E-state index is 13.0. The van der Waals surface area contributed by atoms with Gasteiger partial charge in [0.15, 0.2) is 0 Å². The van der Waals surface area contributed by atoms with E-state index in [1.54, 1.807) is 56.5 Å². The van der Waals surface area contributed by atoms with E-state index in [9.17, 15) is 19.5 Å². The van der Waals surface area contributed by atoms with Gasteiger partial charge in [0, 0.05) is 19.0 Å². The van der Waals surface area contributed by atoms with Gasteiger partial charge in [-0.1, -0.05) is 19.1 Å². The van der Waals surface area contributed by atoms with Gasteiger partial charge in [0.1, 0.15) is 17.3 Å². The van der Waals surface area contributed by atoms with Crippen LogP contribution < -0.4 is 9.47 Å². The second-order valence-electron chi connectivity index (χ2n) is 7.34. The molecule has 1 amide bonds. The molecule has 1 N–H and O–H groups in total. The first-order chi connectivity index (χ1) is 14.8. The molecule has 1 heterocycles. The summed E-state index contributed by atoms with van der Waals surface area (Å²) in [7, 11) is 1.54. The van der Waals surface area contributed by atoms with Crippen molar-refractivity contribution in [2.75, 3.05) is 13.7 Å². The van der Waals surface area contributed by atoms with Crippen molar-refractivity contribution in [3.63, 3.8) is 0 Å². The molecule has 162 valence electrons. The summed E-state index contributed by atoms with van der Waals surface area (Å²) < 4.78 is 10.4. The van der Waals surface area contributed by atoms with Gasteiger partial charge in [-0.25, -0.2) is 0 Å². The Morgan fingerprint density at radius 2 is 1.87 bits per heavy atom. The number of likely N-dealkylation sites (tertiary alicyclic amines) is 1. The Labute approximate surface area is 180 Å². The number of benzene rings is 2. The number of amides is 1. The summed E-state index contributed by atoms with van der Waals surface area (Å²) in [6.07, 6.45) is 0.634. The summed E-state index contributed by atoms with van der Waals surface area (Å²) in [6.45, 7) is 5.32. The van der Waals surface area contributed by atoms with Gasteiger partial charge in [-0.3, -0.25) is 14.4 Å². The minimum Gasteiger partial charge on any atom is -0.507 e. The number of carbonyl (C=O) groups is 3. The predicted molar refractivity (Wildman–Crippen MR) is 115 cm³/mol. The first kappa shape index (κ1) is 22.1. The summed E-state index contributed by atoms with van der Waals surface area (Å²) in [4.78, 5) is 38.6. The number of hydrogen-bond donors (Lipinski definition) is 1. The van der Waals surface area contributed by atoms with Gasteiger partial charge < -0.3 is 19.5 Å². The quantitative estimate of drug-likeness (QED) is 0.250. The van der Waals surface area contributed by atoms with E-state index in [-0.39, 0.29) is 11.3 Å². The SMILES string of the molecule is CCCN1C(=O)C(=O)/C(=C(/O)c2ccc(OC)cc2C)C1c1cccc(OC(C)=O)c1. The normalized spacial score (nSPS) is 17.7. The number of hydrogen-bond acceptors (Lipinski definition) is 6. The summed E-state index contributed by atoms with van der Waals surface area (Å²) in [6, 6.07) is 10.9. The molecule has 1 fully saturated rings. The van der Waals surface area contributed by atoms with E-state index < -0.39 is 23.7 Å². The number of rotatable bonds is 6. The van der Waals surface area contributed by atoms with Gasteiger partial charge in [0.25, 0.3) is 11.7 Å². The van der Waals surface area contributed by atoms with Crippen LogP contribution in [0, 0.1) is 6.92 Å². The zero-order valence-corrected chi connectivity index (χ0v) is 18.0. The molecule has 2 aromatic carbocycles. The molecular formula is C24H25NO6. The van der Waals surface area contributed by atoms with E-state index in [0.717, 1.165) is 0 Å². The zero-order chi connectivity index (χ0) is 22.7. The van der Waals surface area contributed by atoms with E-state index in [0.29, 0.717) is 41.2 Å². The standard InChI is InChI=1S/C24H25NO6/c1-5-11-25-21(16-7-6-8-18(13-16)31-15(3)26)20(23(28)24(25)29)22(27)19-10-9-17(30-4)12-14(19)2/h6-10,12-13,21,27H,5,11H2,1-4H3/b22-20+. The Balaban J connectivity index is 2.19. The molecular weight excluding hydrogens is 398 g/mol. The van der Waals surface area contributed by atoms with Crippen molar-refractivity contribution in [2.24, 2.45) is 0 Å². The lowest BCUT2D eigenvalue weighted by atomic mass is 9.93. The Hall–Kier alpha value is -3.61. The number of nitrogens with zero attached hydrogens (tertiary/aromatic N) is 1. The summed E-state index contributed by atoms with van der Waals surface area (Å²) in [5.41, 5.74) is 1.72. The number of aliphatic hydroxyl groups is 1. The minimum absolute atomic E-state index is 0.00620. The number of methoxy groups -OCH3 is 1. The molecule has 1 aliphatic rings. The number of ketones is 1. The van der Waals surface area contributed by atoms with Crippen LogP contribution in [-0.4, -0.2) is 41.3 Å². The van der Waals surface area contributed by atoms with E-state index in [1.165, 1.54) is 11.8 Å². The highest BCUT2D eigenvalue weighted by Crippen LogP contribution is 2.41. The number of ether oxygens (including phenoxy) is 2. The average Bonchev–Trinajstić information content (AvgIpc) is 2.98. The van der Waals surface area contributed by atoms with E-state index >= 15 is 0 Å².